The van der Waals surface area contributed by atoms with E-state index in [0.717, 1.165) is 0 Å². The lowest BCUT2D eigenvalue weighted by molar-refractivity contribution is -0.223. The molecule has 12 nitrogen and oxygen atoms in total. The fourth-order valence-electron chi connectivity index (χ4n) is 1.88. The minimum absolute atomic E-state index is 0.726. The van der Waals surface area contributed by atoms with Crippen LogP contribution in [0.15, 0.2) is 0 Å². The van der Waals surface area contributed by atoms with Gasteiger partial charge >= 0.3 is 0 Å². The molecule has 146 valence electrons. The molecule has 0 radical (unpaired) electrons. The van der Waals surface area contributed by atoms with Crippen molar-refractivity contribution in [2.24, 2.45) is 0 Å². The molecule has 1 fully saturated rings. The number of rotatable bonds is 5. The van der Waals surface area contributed by atoms with Crippen molar-refractivity contribution in [2.45, 2.75) is 61.0 Å². The Bertz CT molecular complexity index is 263. The standard InChI is InChI=1S/C6H12O6.C6H14O6/c7-1-2(8)4(10)6(12)5(11)3(1)9;7-1-3(9)5(11)6(12)4(10)2-8/h1-12H;3-12H,1-2H2/t;3-,4-,5-,6+/m.1/s1. The van der Waals surface area contributed by atoms with E-state index in [1.807, 2.05) is 0 Å². The number of hydrogen-bond donors (Lipinski definition) is 12. The van der Waals surface area contributed by atoms with Crippen LogP contribution in [0.1, 0.15) is 0 Å². The highest BCUT2D eigenvalue weighted by molar-refractivity contribution is 4.98. The summed E-state index contributed by atoms with van der Waals surface area (Å²) in [7, 11) is 0. The second-order valence-electron chi connectivity index (χ2n) is 5.42. The van der Waals surface area contributed by atoms with E-state index in [2.05, 4.69) is 0 Å². The zero-order chi connectivity index (χ0) is 19.2. The highest BCUT2D eigenvalue weighted by atomic mass is 16.4. The van der Waals surface area contributed by atoms with Gasteiger partial charge in [-0.15, -0.1) is 0 Å². The Morgan fingerprint density at radius 2 is 0.625 bits per heavy atom. The molecule has 1 rings (SSSR count). The molecule has 0 aromatic rings. The van der Waals surface area contributed by atoms with E-state index in [1.54, 1.807) is 0 Å². The molecule has 24 heavy (non-hydrogen) atoms. The third-order valence-electron chi connectivity index (χ3n) is 3.61. The second-order valence-corrected chi connectivity index (χ2v) is 5.42. The van der Waals surface area contributed by atoms with Crippen LogP contribution in [0.4, 0.5) is 0 Å². The van der Waals surface area contributed by atoms with Gasteiger partial charge in [-0.05, 0) is 0 Å². The Hall–Kier alpha value is -0.480. The van der Waals surface area contributed by atoms with Crippen LogP contribution in [0.2, 0.25) is 0 Å². The summed E-state index contributed by atoms with van der Waals surface area (Å²) >= 11 is 0. The Morgan fingerprint density at radius 3 is 0.750 bits per heavy atom. The largest absolute Gasteiger partial charge is 0.394 e. The molecule has 12 N–H and O–H groups in total. The second kappa shape index (κ2) is 10.5. The monoisotopic (exact) mass is 362 g/mol. The zero-order valence-electron chi connectivity index (χ0n) is 12.6. The van der Waals surface area contributed by atoms with Crippen molar-refractivity contribution < 1.29 is 61.3 Å². The SMILES string of the molecule is OC1C(O)C(O)C(O)C(O)C1O.OC[C@@H](O)[C@H](O)[C@H](O)[C@H](O)CO. The van der Waals surface area contributed by atoms with Gasteiger partial charge in [-0.1, -0.05) is 0 Å². The first kappa shape index (κ1) is 23.5. The number of aliphatic hydroxyl groups excluding tert-OH is 12. The van der Waals surface area contributed by atoms with E-state index in [-0.39, 0.29) is 0 Å². The first-order valence-electron chi connectivity index (χ1n) is 7.03. The van der Waals surface area contributed by atoms with E-state index in [9.17, 15) is 0 Å². The predicted octanol–water partition coefficient (Wildman–Crippen LogP) is -7.42. The van der Waals surface area contributed by atoms with Gasteiger partial charge in [-0.3, -0.25) is 0 Å². The first-order valence-corrected chi connectivity index (χ1v) is 7.03. The van der Waals surface area contributed by atoms with E-state index in [4.69, 9.17) is 61.3 Å². The average molecular weight is 362 g/mol. The van der Waals surface area contributed by atoms with Gasteiger partial charge in [-0.25, -0.2) is 0 Å². The van der Waals surface area contributed by atoms with E-state index < -0.39 is 74.3 Å². The van der Waals surface area contributed by atoms with Gasteiger partial charge < -0.3 is 61.3 Å². The highest BCUT2D eigenvalue weighted by Gasteiger charge is 2.47. The van der Waals surface area contributed by atoms with Crippen LogP contribution in [0.3, 0.4) is 0 Å². The van der Waals surface area contributed by atoms with Gasteiger partial charge in [-0.2, -0.15) is 0 Å². The van der Waals surface area contributed by atoms with E-state index >= 15 is 0 Å². The number of hydrogen-bond acceptors (Lipinski definition) is 12. The van der Waals surface area contributed by atoms with Gasteiger partial charge in [0.15, 0.2) is 0 Å². The maximum Gasteiger partial charge on any atom is 0.111 e. The summed E-state index contributed by atoms with van der Waals surface area (Å²) < 4.78 is 0. The molecule has 12 heteroatoms. The van der Waals surface area contributed by atoms with Crippen molar-refractivity contribution in [3.05, 3.63) is 0 Å². The van der Waals surface area contributed by atoms with Crippen molar-refractivity contribution in [1.29, 1.82) is 0 Å². The summed E-state index contributed by atoms with van der Waals surface area (Å²) in [4.78, 5) is 0. The number of aliphatic hydroxyl groups is 12. The molecule has 1 aliphatic rings. The molecule has 1 aliphatic carbocycles. The van der Waals surface area contributed by atoms with E-state index in [1.165, 1.54) is 0 Å². The van der Waals surface area contributed by atoms with Crippen molar-refractivity contribution in [2.75, 3.05) is 13.2 Å². The molecule has 0 amide bonds. The minimum Gasteiger partial charge on any atom is -0.394 e. The minimum atomic E-state index is -1.67. The van der Waals surface area contributed by atoms with Gasteiger partial charge in [0.25, 0.3) is 0 Å². The zero-order valence-corrected chi connectivity index (χ0v) is 12.6. The van der Waals surface area contributed by atoms with Gasteiger partial charge in [0, 0.05) is 0 Å². The third kappa shape index (κ3) is 5.80. The Labute approximate surface area is 136 Å². The Morgan fingerprint density at radius 1 is 0.458 bits per heavy atom. The maximum atomic E-state index is 8.97. The molecule has 0 aromatic heterocycles. The summed E-state index contributed by atoms with van der Waals surface area (Å²) in [6.45, 7) is -1.45. The van der Waals surface area contributed by atoms with Gasteiger partial charge in [0.2, 0.25) is 0 Å². The smallest absolute Gasteiger partial charge is 0.111 e. The van der Waals surface area contributed by atoms with Crippen LogP contribution >= 0.6 is 0 Å². The Kier molecular flexibility index (Phi) is 10.3. The lowest BCUT2D eigenvalue weighted by atomic mass is 9.85. The summed E-state index contributed by atoms with van der Waals surface area (Å²) in [6, 6.07) is 0. The molecule has 0 bridgehead atoms. The predicted molar refractivity (Wildman–Crippen MR) is 74.2 cm³/mol. The fourth-order valence-corrected chi connectivity index (χ4v) is 1.88. The molecule has 0 saturated heterocycles. The summed E-state index contributed by atoms with van der Waals surface area (Å²) in [5, 5.41) is 106. The molecular formula is C12H26O12. The summed E-state index contributed by atoms with van der Waals surface area (Å²) in [5.41, 5.74) is 0. The molecule has 0 aromatic carbocycles. The fraction of sp³-hybridized carbons (Fsp3) is 1.00. The lowest BCUT2D eigenvalue weighted by Gasteiger charge is -2.39. The highest BCUT2D eigenvalue weighted by Crippen LogP contribution is 2.20. The molecule has 0 aliphatic heterocycles. The van der Waals surface area contributed by atoms with Gasteiger partial charge in [0.1, 0.15) is 61.0 Å². The summed E-state index contributed by atoms with van der Waals surface area (Å²) in [6.07, 6.45) is -16.2. The normalized spacial score (nSPS) is 38.5. The summed E-state index contributed by atoms with van der Waals surface area (Å²) in [5.74, 6) is 0. The van der Waals surface area contributed by atoms with Crippen LogP contribution < -0.4 is 0 Å². The topological polar surface area (TPSA) is 243 Å². The van der Waals surface area contributed by atoms with Gasteiger partial charge in [0.05, 0.1) is 13.2 Å². The average Bonchev–Trinajstić information content (AvgIpc) is 2.60. The third-order valence-corrected chi connectivity index (χ3v) is 3.61. The van der Waals surface area contributed by atoms with Crippen molar-refractivity contribution in [1.82, 2.24) is 0 Å². The van der Waals surface area contributed by atoms with Crippen LogP contribution in [0.5, 0.6) is 0 Å². The molecular weight excluding hydrogens is 336 g/mol. The van der Waals surface area contributed by atoms with E-state index in [0.29, 0.717) is 0 Å². The van der Waals surface area contributed by atoms with Crippen LogP contribution in [0, 0.1) is 0 Å². The molecule has 4 atom stereocenters. The van der Waals surface area contributed by atoms with Crippen molar-refractivity contribution >= 4 is 0 Å². The van der Waals surface area contributed by atoms with Crippen molar-refractivity contribution in [3.8, 4) is 0 Å². The maximum absolute atomic E-state index is 8.97. The molecule has 1 saturated carbocycles. The lowest BCUT2D eigenvalue weighted by Crippen LogP contribution is -2.63. The molecule has 0 unspecified atom stereocenters. The molecule has 0 spiro atoms. The molecule has 0 heterocycles. The Balaban J connectivity index is 0.000000441. The van der Waals surface area contributed by atoms with Crippen LogP contribution in [0.25, 0.3) is 0 Å². The quantitative estimate of drug-likeness (QED) is 0.218. The van der Waals surface area contributed by atoms with Crippen LogP contribution in [-0.2, 0) is 0 Å². The van der Waals surface area contributed by atoms with Crippen LogP contribution in [-0.4, -0.2) is 136 Å². The first-order chi connectivity index (χ1) is 11.0. The van der Waals surface area contributed by atoms with Crippen molar-refractivity contribution in [3.63, 3.8) is 0 Å².